The van der Waals surface area contributed by atoms with Crippen LogP contribution in [0, 0.1) is 5.92 Å². The van der Waals surface area contributed by atoms with Crippen molar-refractivity contribution >= 4 is 39.6 Å². The number of hydrogen-bond donors (Lipinski definition) is 1. The Labute approximate surface area is 198 Å². The number of esters is 2. The topological polar surface area (TPSA) is 90.9 Å². The van der Waals surface area contributed by atoms with Crippen molar-refractivity contribution in [3.05, 3.63) is 35.9 Å². The van der Waals surface area contributed by atoms with E-state index in [0.29, 0.717) is 17.2 Å². The molecule has 1 fully saturated rings. The third-order valence-corrected chi connectivity index (χ3v) is 8.15. The second kappa shape index (κ2) is 14.3. The molecule has 32 heavy (non-hydrogen) atoms. The average molecular weight is 484 g/mol. The van der Waals surface area contributed by atoms with Gasteiger partial charge in [-0.25, -0.2) is 9.59 Å². The van der Waals surface area contributed by atoms with E-state index in [2.05, 4.69) is 5.32 Å². The Morgan fingerprint density at radius 3 is 2.53 bits per heavy atom. The number of carbonyl (C=O) groups excluding carboxylic acids is 3. The molecular formula is C23H33NO6S2. The van der Waals surface area contributed by atoms with Crippen LogP contribution in [0.1, 0.15) is 63.2 Å². The molecule has 178 valence electrons. The lowest BCUT2D eigenvalue weighted by molar-refractivity contribution is -0.165. The highest BCUT2D eigenvalue weighted by molar-refractivity contribution is 8.77. The van der Waals surface area contributed by atoms with Crippen molar-refractivity contribution in [3.8, 4) is 0 Å². The van der Waals surface area contributed by atoms with Crippen LogP contribution in [-0.2, 0) is 19.0 Å². The molecule has 0 aromatic heterocycles. The number of hydrogen-bond acceptors (Lipinski definition) is 8. The van der Waals surface area contributed by atoms with Crippen molar-refractivity contribution in [2.24, 2.45) is 5.92 Å². The maximum Gasteiger partial charge on any atom is 0.410 e. The van der Waals surface area contributed by atoms with Gasteiger partial charge in [-0.1, -0.05) is 53.1 Å². The molecule has 2 rings (SSSR count). The van der Waals surface area contributed by atoms with Crippen LogP contribution in [0.15, 0.2) is 30.3 Å². The van der Waals surface area contributed by atoms with Crippen LogP contribution in [0.25, 0.3) is 0 Å². The first-order chi connectivity index (χ1) is 15.3. The summed E-state index contributed by atoms with van der Waals surface area (Å²) in [6.07, 6.45) is 2.79. The molecule has 0 spiro atoms. The van der Waals surface area contributed by atoms with Gasteiger partial charge in [-0.3, -0.25) is 4.79 Å². The third kappa shape index (κ3) is 10.2. The van der Waals surface area contributed by atoms with Crippen molar-refractivity contribution in [1.29, 1.82) is 0 Å². The quantitative estimate of drug-likeness (QED) is 0.188. The number of rotatable bonds is 12. The van der Waals surface area contributed by atoms with Crippen LogP contribution in [0.5, 0.6) is 0 Å². The van der Waals surface area contributed by atoms with Crippen molar-refractivity contribution in [3.63, 3.8) is 0 Å². The molecule has 0 saturated carbocycles. The standard InChI is InChI=1S/C23H33NO6S2/c1-16(15-28-22(26)19-9-5-4-6-10-19)17(2)24-23(27)30-18(3)29-21(25)12-8-7-11-20-13-14-31-32-20/h4-6,9-10,16-18,20H,7-8,11-15H2,1-3H3,(H,24,27)/t16?,17?,18?,20-/m0/s1. The molecule has 0 aliphatic carbocycles. The molecule has 3 unspecified atom stereocenters. The van der Waals surface area contributed by atoms with Gasteiger partial charge in [-0.05, 0) is 38.3 Å². The molecule has 0 radical (unpaired) electrons. The van der Waals surface area contributed by atoms with Gasteiger partial charge in [0.25, 0.3) is 0 Å². The molecule has 1 aliphatic heterocycles. The number of alkyl carbamates (subject to hydrolysis) is 1. The van der Waals surface area contributed by atoms with Crippen LogP contribution in [0.3, 0.4) is 0 Å². The van der Waals surface area contributed by atoms with Crippen molar-refractivity contribution in [2.75, 3.05) is 12.4 Å². The largest absolute Gasteiger partial charge is 0.462 e. The highest BCUT2D eigenvalue weighted by atomic mass is 33.1. The number of unbranched alkanes of at least 4 members (excludes halogenated alkanes) is 1. The molecule has 1 aromatic rings. The molecule has 1 saturated heterocycles. The van der Waals surface area contributed by atoms with Gasteiger partial charge >= 0.3 is 18.0 Å². The number of amides is 1. The van der Waals surface area contributed by atoms with Gasteiger partial charge in [0.1, 0.15) is 0 Å². The van der Waals surface area contributed by atoms with Gasteiger partial charge in [0, 0.05) is 36.3 Å². The van der Waals surface area contributed by atoms with E-state index in [-0.39, 0.29) is 24.5 Å². The Morgan fingerprint density at radius 2 is 1.84 bits per heavy atom. The summed E-state index contributed by atoms with van der Waals surface area (Å²) in [5, 5.41) is 3.38. The van der Waals surface area contributed by atoms with Crippen LogP contribution >= 0.6 is 21.6 Å². The monoisotopic (exact) mass is 483 g/mol. The van der Waals surface area contributed by atoms with Crippen LogP contribution < -0.4 is 5.32 Å². The lowest BCUT2D eigenvalue weighted by Crippen LogP contribution is -2.40. The molecule has 1 aromatic carbocycles. The number of benzene rings is 1. The third-order valence-electron chi connectivity index (χ3n) is 5.14. The van der Waals surface area contributed by atoms with E-state index < -0.39 is 18.4 Å². The lowest BCUT2D eigenvalue weighted by Gasteiger charge is -2.22. The van der Waals surface area contributed by atoms with Gasteiger partial charge < -0.3 is 19.5 Å². The minimum Gasteiger partial charge on any atom is -0.462 e. The van der Waals surface area contributed by atoms with E-state index in [9.17, 15) is 14.4 Å². The summed E-state index contributed by atoms with van der Waals surface area (Å²) in [5.41, 5.74) is 0.479. The minimum atomic E-state index is -0.970. The summed E-state index contributed by atoms with van der Waals surface area (Å²) >= 11 is 0. The second-order valence-corrected chi connectivity index (χ2v) is 10.7. The lowest BCUT2D eigenvalue weighted by atomic mass is 10.1. The minimum absolute atomic E-state index is 0.135. The van der Waals surface area contributed by atoms with Crippen molar-refractivity contribution < 1.29 is 28.6 Å². The average Bonchev–Trinajstić information content (AvgIpc) is 3.28. The molecule has 9 heteroatoms. The Bertz CT molecular complexity index is 726. The Morgan fingerprint density at radius 1 is 1.09 bits per heavy atom. The first-order valence-corrected chi connectivity index (χ1v) is 13.4. The summed E-state index contributed by atoms with van der Waals surface area (Å²) in [7, 11) is 3.86. The smallest absolute Gasteiger partial charge is 0.410 e. The predicted octanol–water partition coefficient (Wildman–Crippen LogP) is 5.20. The van der Waals surface area contributed by atoms with Crippen LogP contribution in [0.4, 0.5) is 4.79 Å². The number of ether oxygens (including phenoxy) is 3. The summed E-state index contributed by atoms with van der Waals surface area (Å²) in [5.74, 6) is 0.302. The normalized spacial score (nSPS) is 18.3. The van der Waals surface area contributed by atoms with Crippen molar-refractivity contribution in [1.82, 2.24) is 5.32 Å². The van der Waals surface area contributed by atoms with Gasteiger partial charge in [0.15, 0.2) is 0 Å². The van der Waals surface area contributed by atoms with Gasteiger partial charge in [0.05, 0.1) is 12.2 Å². The first-order valence-electron chi connectivity index (χ1n) is 11.0. The summed E-state index contributed by atoms with van der Waals surface area (Å²) in [6, 6.07) is 8.42. The Hall–Kier alpha value is -1.87. The summed E-state index contributed by atoms with van der Waals surface area (Å²) < 4.78 is 15.6. The molecule has 1 aliphatic rings. The van der Waals surface area contributed by atoms with E-state index in [1.807, 2.05) is 34.6 Å². The van der Waals surface area contributed by atoms with Crippen LogP contribution in [-0.4, -0.2) is 48.0 Å². The van der Waals surface area contributed by atoms with E-state index >= 15 is 0 Å². The molecular weight excluding hydrogens is 450 g/mol. The van der Waals surface area contributed by atoms with Crippen LogP contribution in [0.2, 0.25) is 0 Å². The molecule has 1 N–H and O–H groups in total. The Balaban J connectivity index is 1.58. The SMILES string of the molecule is CC(OC(=O)CCCC[C@H]1CCSS1)OC(=O)NC(C)C(C)COC(=O)c1ccccc1. The molecule has 0 bridgehead atoms. The second-order valence-electron chi connectivity index (χ2n) is 7.91. The maximum absolute atomic E-state index is 12.1. The Kier molecular flexibility index (Phi) is 11.8. The van der Waals surface area contributed by atoms with Gasteiger partial charge in [0.2, 0.25) is 6.29 Å². The maximum atomic E-state index is 12.1. The van der Waals surface area contributed by atoms with Gasteiger partial charge in [-0.15, -0.1) is 0 Å². The summed E-state index contributed by atoms with van der Waals surface area (Å²) in [6.45, 7) is 5.31. The van der Waals surface area contributed by atoms with E-state index in [1.54, 1.807) is 31.2 Å². The van der Waals surface area contributed by atoms with E-state index in [0.717, 1.165) is 19.3 Å². The fourth-order valence-corrected chi connectivity index (χ4v) is 6.02. The summed E-state index contributed by atoms with van der Waals surface area (Å²) in [4.78, 5) is 36.0. The molecule has 7 nitrogen and oxygen atoms in total. The highest BCUT2D eigenvalue weighted by Gasteiger charge is 2.21. The number of nitrogens with one attached hydrogen (secondary N) is 1. The zero-order valence-electron chi connectivity index (χ0n) is 18.9. The fraction of sp³-hybridized carbons (Fsp3) is 0.609. The number of carbonyl (C=O) groups is 3. The zero-order valence-corrected chi connectivity index (χ0v) is 20.5. The zero-order chi connectivity index (χ0) is 23.3. The highest BCUT2D eigenvalue weighted by Crippen LogP contribution is 2.39. The first kappa shape index (κ1) is 26.4. The van der Waals surface area contributed by atoms with Gasteiger partial charge in [-0.2, -0.15) is 0 Å². The van der Waals surface area contributed by atoms with E-state index in [4.69, 9.17) is 14.2 Å². The molecule has 4 atom stereocenters. The molecule has 1 amide bonds. The predicted molar refractivity (Wildman–Crippen MR) is 127 cm³/mol. The molecule has 1 heterocycles. The van der Waals surface area contributed by atoms with E-state index in [1.165, 1.54) is 19.1 Å². The fourth-order valence-electron chi connectivity index (χ4n) is 3.00. The van der Waals surface area contributed by atoms with Crippen molar-refractivity contribution in [2.45, 2.75) is 70.5 Å².